The van der Waals surface area contributed by atoms with Gasteiger partial charge in [0.1, 0.15) is 23.2 Å². The first-order chi connectivity index (χ1) is 13.9. The molecule has 0 bridgehead atoms. The minimum atomic E-state index is -4.56. The topological polar surface area (TPSA) is 96.7 Å². The summed E-state index contributed by atoms with van der Waals surface area (Å²) in [5.74, 6) is -0.431. The summed E-state index contributed by atoms with van der Waals surface area (Å²) in [6, 6.07) is 5.40. The normalized spacial score (nSPS) is 12.4. The van der Waals surface area contributed by atoms with Crippen LogP contribution in [0.15, 0.2) is 36.4 Å². The number of nitrogens with zero attached hydrogens (tertiary/aromatic N) is 2. The van der Waals surface area contributed by atoms with E-state index in [1.54, 1.807) is 14.1 Å². The molecule has 0 fully saturated rings. The van der Waals surface area contributed by atoms with Crippen LogP contribution in [-0.4, -0.2) is 36.0 Å². The van der Waals surface area contributed by atoms with Crippen molar-refractivity contribution in [3.63, 3.8) is 0 Å². The van der Waals surface area contributed by atoms with E-state index in [2.05, 4.69) is 10.7 Å². The molecule has 162 valence electrons. The first kappa shape index (κ1) is 23.2. The Labute approximate surface area is 174 Å². The minimum Gasteiger partial charge on any atom is -0.456 e. The molecule has 2 aromatic carbocycles. The molecule has 2 N–H and O–H groups in total. The number of ether oxygens (including phenoxy) is 1. The van der Waals surface area contributed by atoms with Crippen LogP contribution in [0.4, 0.5) is 24.5 Å². The molecular weight excluding hydrogens is 429 g/mol. The van der Waals surface area contributed by atoms with Crippen molar-refractivity contribution in [1.29, 1.82) is 0 Å². The van der Waals surface area contributed by atoms with E-state index >= 15 is 0 Å². The van der Waals surface area contributed by atoms with Crippen LogP contribution in [0.3, 0.4) is 0 Å². The number of nitro groups is 1. The average Bonchev–Trinajstić information content (AvgIpc) is 2.61. The maximum absolute atomic E-state index is 12.8. The Morgan fingerprint density at radius 3 is 2.43 bits per heavy atom. The first-order valence-corrected chi connectivity index (χ1v) is 8.83. The Morgan fingerprint density at radius 2 is 1.90 bits per heavy atom. The molecular formula is C18H18ClF3N4O4. The summed E-state index contributed by atoms with van der Waals surface area (Å²) in [5, 5.41) is 15.2. The zero-order chi connectivity index (χ0) is 22.6. The van der Waals surface area contributed by atoms with Crippen molar-refractivity contribution in [2.75, 3.05) is 19.4 Å². The Balaban J connectivity index is 2.29. The van der Waals surface area contributed by atoms with Gasteiger partial charge in [-0.3, -0.25) is 20.3 Å². The highest BCUT2D eigenvalue weighted by molar-refractivity contribution is 6.32. The van der Waals surface area contributed by atoms with Crippen LogP contribution in [0.5, 0.6) is 11.5 Å². The van der Waals surface area contributed by atoms with E-state index < -0.39 is 28.6 Å². The van der Waals surface area contributed by atoms with Gasteiger partial charge in [-0.1, -0.05) is 11.6 Å². The van der Waals surface area contributed by atoms with Crippen molar-refractivity contribution in [2.45, 2.75) is 19.1 Å². The van der Waals surface area contributed by atoms with Gasteiger partial charge in [-0.05, 0) is 31.2 Å². The number of hydrazine groups is 1. The molecule has 1 atom stereocenters. The number of nitrogens with one attached hydrogen (secondary N) is 2. The summed E-state index contributed by atoms with van der Waals surface area (Å²) in [7, 11) is 3.21. The third-order valence-corrected chi connectivity index (χ3v) is 4.05. The van der Waals surface area contributed by atoms with E-state index in [-0.39, 0.29) is 27.9 Å². The Hall–Kier alpha value is -3.05. The summed E-state index contributed by atoms with van der Waals surface area (Å²) < 4.78 is 43.8. The fourth-order valence-corrected chi connectivity index (χ4v) is 2.58. The van der Waals surface area contributed by atoms with Crippen molar-refractivity contribution in [1.82, 2.24) is 10.4 Å². The highest BCUT2D eigenvalue weighted by Crippen LogP contribution is 2.38. The van der Waals surface area contributed by atoms with E-state index in [9.17, 15) is 28.1 Å². The fraction of sp³-hybridized carbons (Fsp3) is 0.278. The fourth-order valence-electron chi connectivity index (χ4n) is 2.36. The maximum Gasteiger partial charge on any atom is 0.416 e. The number of hydrogen-bond donors (Lipinski definition) is 2. The summed E-state index contributed by atoms with van der Waals surface area (Å²) in [5.41, 5.74) is 1.25. The molecule has 1 amide bonds. The number of amides is 1. The molecule has 8 nitrogen and oxygen atoms in total. The monoisotopic (exact) mass is 446 g/mol. The van der Waals surface area contributed by atoms with Gasteiger partial charge in [-0.2, -0.15) is 13.2 Å². The molecule has 2 aromatic rings. The van der Waals surface area contributed by atoms with E-state index in [4.69, 9.17) is 16.3 Å². The molecule has 0 saturated heterocycles. The predicted molar refractivity (Wildman–Crippen MR) is 105 cm³/mol. The summed E-state index contributed by atoms with van der Waals surface area (Å²) in [6.07, 6.45) is -4.56. The second-order valence-electron chi connectivity index (χ2n) is 6.42. The highest BCUT2D eigenvalue weighted by Gasteiger charge is 2.31. The zero-order valence-electron chi connectivity index (χ0n) is 16.1. The molecule has 1 unspecified atom stereocenters. The number of nitro benzene ring substituents is 1. The lowest BCUT2D eigenvalue weighted by molar-refractivity contribution is -0.384. The second kappa shape index (κ2) is 9.18. The smallest absolute Gasteiger partial charge is 0.416 e. The molecule has 2 rings (SSSR count). The molecule has 0 radical (unpaired) electrons. The van der Waals surface area contributed by atoms with Gasteiger partial charge in [0, 0.05) is 26.2 Å². The lowest BCUT2D eigenvalue weighted by Gasteiger charge is -2.19. The third-order valence-electron chi connectivity index (χ3n) is 3.75. The van der Waals surface area contributed by atoms with Gasteiger partial charge in [0.2, 0.25) is 0 Å². The van der Waals surface area contributed by atoms with Crippen molar-refractivity contribution in [3.8, 4) is 11.5 Å². The third kappa shape index (κ3) is 5.97. The van der Waals surface area contributed by atoms with Crippen molar-refractivity contribution < 1.29 is 27.6 Å². The first-order valence-electron chi connectivity index (χ1n) is 8.46. The van der Waals surface area contributed by atoms with Crippen LogP contribution in [0.1, 0.15) is 12.5 Å². The van der Waals surface area contributed by atoms with Gasteiger partial charge in [0.25, 0.3) is 11.6 Å². The molecule has 0 aliphatic heterocycles. The Bertz CT molecular complexity index is 954. The summed E-state index contributed by atoms with van der Waals surface area (Å²) in [4.78, 5) is 22.7. The molecule has 0 aromatic heterocycles. The van der Waals surface area contributed by atoms with Crippen LogP contribution in [0, 0.1) is 10.1 Å². The van der Waals surface area contributed by atoms with Gasteiger partial charge in [0.05, 0.1) is 15.5 Å². The number of anilines is 1. The number of rotatable bonds is 7. The largest absolute Gasteiger partial charge is 0.456 e. The summed E-state index contributed by atoms with van der Waals surface area (Å²) >= 11 is 5.87. The van der Waals surface area contributed by atoms with Crippen molar-refractivity contribution in [3.05, 3.63) is 57.1 Å². The van der Waals surface area contributed by atoms with Crippen LogP contribution in [0.25, 0.3) is 0 Å². The number of hydrogen-bond acceptors (Lipinski definition) is 6. The van der Waals surface area contributed by atoms with Gasteiger partial charge < -0.3 is 10.1 Å². The van der Waals surface area contributed by atoms with Crippen LogP contribution in [0.2, 0.25) is 5.02 Å². The molecule has 0 aliphatic rings. The lowest BCUT2D eigenvalue weighted by atomic mass is 10.2. The molecule has 0 aliphatic carbocycles. The van der Waals surface area contributed by atoms with Gasteiger partial charge in [-0.25, -0.2) is 5.01 Å². The highest BCUT2D eigenvalue weighted by atomic mass is 35.5. The Morgan fingerprint density at radius 1 is 1.23 bits per heavy atom. The van der Waals surface area contributed by atoms with Crippen LogP contribution >= 0.6 is 11.6 Å². The van der Waals surface area contributed by atoms with Crippen molar-refractivity contribution in [2.24, 2.45) is 0 Å². The van der Waals surface area contributed by atoms with Gasteiger partial charge >= 0.3 is 6.18 Å². The standard InChI is InChI=1S/C18H18ClF3N4O4/c1-10(17(27)24-25(2)3)23-14-9-12(5-6-15(14)26(28)29)30-16-7-4-11(8-13(16)19)18(20,21)22/h4-10,23H,1-3H3,(H,24,27). The van der Waals surface area contributed by atoms with Crippen LogP contribution in [-0.2, 0) is 11.0 Å². The number of halogens is 4. The zero-order valence-corrected chi connectivity index (χ0v) is 16.8. The van der Waals surface area contributed by atoms with E-state index in [1.807, 2.05) is 0 Å². The number of carbonyl (C=O) groups excluding carboxylic acids is 1. The predicted octanol–water partition coefficient (Wildman–Crippen LogP) is 4.45. The lowest BCUT2D eigenvalue weighted by Crippen LogP contribution is -2.44. The Kier molecular flexibility index (Phi) is 7.11. The SMILES string of the molecule is CC(Nc1cc(Oc2ccc(C(F)(F)F)cc2Cl)ccc1[N+](=O)[O-])C(=O)NN(C)C. The quantitative estimate of drug-likeness (QED) is 0.481. The van der Waals surface area contributed by atoms with E-state index in [0.29, 0.717) is 0 Å². The van der Waals surface area contributed by atoms with Gasteiger partial charge in [-0.15, -0.1) is 0 Å². The molecule has 0 spiro atoms. The average molecular weight is 447 g/mol. The molecule has 0 heterocycles. The van der Waals surface area contributed by atoms with Crippen molar-refractivity contribution >= 4 is 28.9 Å². The maximum atomic E-state index is 12.8. The number of alkyl halides is 3. The number of carbonyl (C=O) groups is 1. The number of benzene rings is 2. The van der Waals surface area contributed by atoms with Gasteiger partial charge in [0.15, 0.2) is 0 Å². The minimum absolute atomic E-state index is 0.0121. The molecule has 12 heteroatoms. The van der Waals surface area contributed by atoms with E-state index in [1.165, 1.54) is 24.1 Å². The second-order valence-corrected chi connectivity index (χ2v) is 6.82. The molecule has 0 saturated carbocycles. The summed E-state index contributed by atoms with van der Waals surface area (Å²) in [6.45, 7) is 1.50. The molecule has 30 heavy (non-hydrogen) atoms. The van der Waals surface area contributed by atoms with Crippen LogP contribution < -0.4 is 15.5 Å². The van der Waals surface area contributed by atoms with E-state index in [0.717, 1.165) is 24.3 Å².